The quantitative estimate of drug-likeness (QED) is 0.898. The molecule has 0 atom stereocenters. The third kappa shape index (κ3) is 3.22. The van der Waals surface area contributed by atoms with Crippen molar-refractivity contribution in [1.29, 1.82) is 0 Å². The van der Waals surface area contributed by atoms with Crippen LogP contribution in [0.4, 0.5) is 4.39 Å². The van der Waals surface area contributed by atoms with E-state index in [0.29, 0.717) is 6.04 Å². The highest BCUT2D eigenvalue weighted by Crippen LogP contribution is 2.31. The fourth-order valence-electron chi connectivity index (χ4n) is 1.92. The Morgan fingerprint density at radius 3 is 2.89 bits per heavy atom. The van der Waals surface area contributed by atoms with Crippen LogP contribution in [0.2, 0.25) is 0 Å². The summed E-state index contributed by atoms with van der Waals surface area (Å²) in [6, 6.07) is 5.58. The molecule has 1 aromatic heterocycles. The van der Waals surface area contributed by atoms with Crippen molar-refractivity contribution in [1.82, 2.24) is 10.3 Å². The van der Waals surface area contributed by atoms with Crippen LogP contribution in [-0.2, 0) is 6.54 Å². The molecule has 0 unspecified atom stereocenters. The molecule has 19 heavy (non-hydrogen) atoms. The molecule has 2 nitrogen and oxygen atoms in total. The summed E-state index contributed by atoms with van der Waals surface area (Å²) in [5, 5.41) is 4.37. The van der Waals surface area contributed by atoms with E-state index in [1.54, 1.807) is 11.3 Å². The Morgan fingerprint density at radius 2 is 2.21 bits per heavy atom. The molecule has 1 fully saturated rings. The second-order valence-corrected chi connectivity index (χ2v) is 6.84. The molecule has 100 valence electrons. The summed E-state index contributed by atoms with van der Waals surface area (Å²) in [6.45, 7) is 2.88. The third-order valence-corrected chi connectivity index (χ3v) is 4.80. The zero-order valence-electron chi connectivity index (χ0n) is 10.5. The molecule has 0 amide bonds. The molecule has 0 saturated heterocycles. The van der Waals surface area contributed by atoms with E-state index in [1.165, 1.54) is 29.9 Å². The number of aryl methyl sites for hydroxylation is 1. The van der Waals surface area contributed by atoms with Crippen LogP contribution >= 0.6 is 27.3 Å². The third-order valence-electron chi connectivity index (χ3n) is 3.13. The van der Waals surface area contributed by atoms with Gasteiger partial charge in [0.25, 0.3) is 0 Å². The monoisotopic (exact) mass is 340 g/mol. The van der Waals surface area contributed by atoms with Crippen molar-refractivity contribution in [2.75, 3.05) is 0 Å². The number of benzene rings is 1. The average molecular weight is 341 g/mol. The molecule has 0 bridgehead atoms. The van der Waals surface area contributed by atoms with Crippen LogP contribution in [0.5, 0.6) is 0 Å². The second-order valence-electron chi connectivity index (χ2n) is 4.84. The van der Waals surface area contributed by atoms with E-state index in [0.717, 1.165) is 27.3 Å². The van der Waals surface area contributed by atoms with Gasteiger partial charge in [0.05, 0.1) is 5.69 Å². The Hall–Kier alpha value is -0.780. The maximum atomic E-state index is 13.4. The van der Waals surface area contributed by atoms with Crippen LogP contribution in [0.1, 0.15) is 23.4 Å². The molecule has 0 spiro atoms. The summed E-state index contributed by atoms with van der Waals surface area (Å²) >= 11 is 4.96. The van der Waals surface area contributed by atoms with Crippen molar-refractivity contribution in [3.05, 3.63) is 39.1 Å². The molecule has 0 aliphatic heterocycles. The Labute approximate surface area is 124 Å². The van der Waals surface area contributed by atoms with Gasteiger partial charge in [0.2, 0.25) is 0 Å². The molecular weight excluding hydrogens is 327 g/mol. The van der Waals surface area contributed by atoms with Crippen LogP contribution in [0.15, 0.2) is 22.7 Å². The van der Waals surface area contributed by atoms with Gasteiger partial charge in [-0.3, -0.25) is 0 Å². The molecule has 1 aromatic carbocycles. The molecule has 1 heterocycles. The fraction of sp³-hybridized carbons (Fsp3) is 0.357. The number of nitrogens with zero attached hydrogens (tertiary/aromatic N) is 1. The van der Waals surface area contributed by atoms with Gasteiger partial charge in [-0.05, 0) is 38.0 Å². The van der Waals surface area contributed by atoms with E-state index in [2.05, 4.69) is 26.2 Å². The SMILES string of the molecule is Cc1nc(-c2cc(F)cc(Br)c2)sc1CNC1CC1. The summed E-state index contributed by atoms with van der Waals surface area (Å²) < 4.78 is 14.2. The lowest BCUT2D eigenvalue weighted by molar-refractivity contribution is 0.627. The predicted molar refractivity (Wildman–Crippen MR) is 79.8 cm³/mol. The first-order valence-electron chi connectivity index (χ1n) is 6.28. The summed E-state index contributed by atoms with van der Waals surface area (Å²) in [6.07, 6.45) is 2.56. The van der Waals surface area contributed by atoms with Crippen molar-refractivity contribution in [3.8, 4) is 10.6 Å². The molecule has 1 N–H and O–H groups in total. The number of hydrogen-bond acceptors (Lipinski definition) is 3. The molecule has 2 aromatic rings. The van der Waals surface area contributed by atoms with Crippen molar-refractivity contribution in [2.24, 2.45) is 0 Å². The molecule has 5 heteroatoms. The first-order chi connectivity index (χ1) is 9.11. The summed E-state index contributed by atoms with van der Waals surface area (Å²) in [4.78, 5) is 5.79. The van der Waals surface area contributed by atoms with Crippen LogP contribution < -0.4 is 5.32 Å². The Kier molecular flexibility index (Phi) is 3.69. The van der Waals surface area contributed by atoms with Crippen molar-refractivity contribution in [3.63, 3.8) is 0 Å². The maximum absolute atomic E-state index is 13.4. The van der Waals surface area contributed by atoms with Gasteiger partial charge in [-0.25, -0.2) is 9.37 Å². The Balaban J connectivity index is 1.85. The maximum Gasteiger partial charge on any atom is 0.125 e. The fourth-order valence-corrected chi connectivity index (χ4v) is 3.38. The first kappa shape index (κ1) is 13.2. The summed E-state index contributed by atoms with van der Waals surface area (Å²) in [5.41, 5.74) is 1.87. The van der Waals surface area contributed by atoms with Crippen LogP contribution in [0.25, 0.3) is 10.6 Å². The summed E-state index contributed by atoms with van der Waals surface area (Å²) in [5.74, 6) is -0.241. The van der Waals surface area contributed by atoms with Crippen LogP contribution in [0.3, 0.4) is 0 Å². The van der Waals surface area contributed by atoms with Crippen molar-refractivity contribution >= 4 is 27.3 Å². The minimum absolute atomic E-state index is 0.241. The minimum Gasteiger partial charge on any atom is -0.309 e. The van der Waals surface area contributed by atoms with E-state index < -0.39 is 0 Å². The number of halogens is 2. The highest BCUT2D eigenvalue weighted by atomic mass is 79.9. The van der Waals surface area contributed by atoms with Gasteiger partial charge in [0.1, 0.15) is 10.8 Å². The topological polar surface area (TPSA) is 24.9 Å². The molecular formula is C14H14BrFN2S. The van der Waals surface area contributed by atoms with Gasteiger partial charge < -0.3 is 5.32 Å². The standard InChI is InChI=1S/C14H14BrFN2S/c1-8-13(7-17-12-2-3-12)19-14(18-8)9-4-10(15)6-11(16)5-9/h4-6,12,17H,2-3,7H2,1H3. The number of nitrogens with one attached hydrogen (secondary N) is 1. The molecule has 1 saturated carbocycles. The number of hydrogen-bond donors (Lipinski definition) is 1. The highest BCUT2D eigenvalue weighted by Gasteiger charge is 2.21. The van der Waals surface area contributed by atoms with E-state index >= 15 is 0 Å². The Morgan fingerprint density at radius 1 is 1.42 bits per heavy atom. The van der Waals surface area contributed by atoms with Crippen molar-refractivity contribution in [2.45, 2.75) is 32.4 Å². The molecule has 1 aliphatic rings. The molecule has 1 aliphatic carbocycles. The van der Waals surface area contributed by atoms with E-state index in [1.807, 2.05) is 13.0 Å². The van der Waals surface area contributed by atoms with Gasteiger partial charge in [-0.1, -0.05) is 15.9 Å². The smallest absolute Gasteiger partial charge is 0.125 e. The first-order valence-corrected chi connectivity index (χ1v) is 7.89. The van der Waals surface area contributed by atoms with Gasteiger partial charge in [-0.15, -0.1) is 11.3 Å². The van der Waals surface area contributed by atoms with E-state index in [9.17, 15) is 4.39 Å². The van der Waals surface area contributed by atoms with Crippen molar-refractivity contribution < 1.29 is 4.39 Å². The van der Waals surface area contributed by atoms with Gasteiger partial charge in [0, 0.05) is 27.5 Å². The highest BCUT2D eigenvalue weighted by molar-refractivity contribution is 9.10. The number of thiazole rings is 1. The lowest BCUT2D eigenvalue weighted by Gasteiger charge is -1.99. The van der Waals surface area contributed by atoms with Gasteiger partial charge >= 0.3 is 0 Å². The Bertz CT molecular complexity index is 587. The largest absolute Gasteiger partial charge is 0.309 e. The number of rotatable bonds is 4. The zero-order valence-corrected chi connectivity index (χ0v) is 12.9. The normalized spacial score (nSPS) is 14.9. The van der Waals surface area contributed by atoms with Crippen LogP contribution in [0, 0.1) is 12.7 Å². The molecule has 3 rings (SSSR count). The molecule has 0 radical (unpaired) electrons. The lowest BCUT2D eigenvalue weighted by Crippen LogP contribution is -2.14. The number of aromatic nitrogens is 1. The van der Waals surface area contributed by atoms with E-state index in [-0.39, 0.29) is 5.82 Å². The van der Waals surface area contributed by atoms with E-state index in [4.69, 9.17) is 0 Å². The van der Waals surface area contributed by atoms with Gasteiger partial charge in [-0.2, -0.15) is 0 Å². The minimum atomic E-state index is -0.241. The predicted octanol–water partition coefficient (Wildman–Crippen LogP) is 4.27. The lowest BCUT2D eigenvalue weighted by atomic mass is 10.2. The summed E-state index contributed by atoms with van der Waals surface area (Å²) in [7, 11) is 0. The average Bonchev–Trinajstić information content (AvgIpc) is 3.09. The van der Waals surface area contributed by atoms with Crippen LogP contribution in [-0.4, -0.2) is 11.0 Å². The van der Waals surface area contributed by atoms with Gasteiger partial charge in [0.15, 0.2) is 0 Å². The second kappa shape index (κ2) is 5.31. The zero-order chi connectivity index (χ0) is 13.4.